The van der Waals surface area contributed by atoms with Crippen LogP contribution in [0.15, 0.2) is 30.3 Å². The van der Waals surface area contributed by atoms with Gasteiger partial charge in [-0.15, -0.1) is 0 Å². The van der Waals surface area contributed by atoms with E-state index in [4.69, 9.17) is 0 Å². The molecule has 1 amide bonds. The smallest absolute Gasteiger partial charge is 0.274 e. The van der Waals surface area contributed by atoms with Gasteiger partial charge in [0.25, 0.3) is 5.91 Å². The van der Waals surface area contributed by atoms with Crippen LogP contribution >= 0.6 is 0 Å². The Morgan fingerprint density at radius 3 is 3.00 bits per heavy atom. The van der Waals surface area contributed by atoms with Crippen molar-refractivity contribution in [1.82, 2.24) is 15.1 Å². The van der Waals surface area contributed by atoms with Gasteiger partial charge in [0.05, 0.1) is 6.04 Å². The van der Waals surface area contributed by atoms with E-state index in [0.29, 0.717) is 12.2 Å². The molecule has 0 bridgehead atoms. The van der Waals surface area contributed by atoms with E-state index < -0.39 is 0 Å². The summed E-state index contributed by atoms with van der Waals surface area (Å²) in [4.78, 5) is 14.3. The van der Waals surface area contributed by atoms with E-state index in [-0.39, 0.29) is 17.8 Å². The molecule has 0 radical (unpaired) electrons. The van der Waals surface area contributed by atoms with Gasteiger partial charge in [0.1, 0.15) is 11.5 Å². The summed E-state index contributed by atoms with van der Waals surface area (Å²) in [6, 6.07) is 8.16. The molecule has 1 aromatic heterocycles. The van der Waals surface area contributed by atoms with Crippen molar-refractivity contribution in [3.63, 3.8) is 0 Å². The third-order valence-corrected chi connectivity index (χ3v) is 3.67. The largest absolute Gasteiger partial charge is 0.330 e. The van der Waals surface area contributed by atoms with Gasteiger partial charge < -0.3 is 4.90 Å². The Morgan fingerprint density at radius 2 is 2.30 bits per heavy atom. The zero-order chi connectivity index (χ0) is 14.1. The van der Waals surface area contributed by atoms with E-state index in [1.54, 1.807) is 17.0 Å². The first-order valence-electron chi connectivity index (χ1n) is 6.73. The molecule has 4 nitrogen and oxygen atoms in total. The molecule has 1 aliphatic rings. The number of likely N-dealkylation sites (tertiary alicyclic amines) is 1. The highest BCUT2D eigenvalue weighted by Gasteiger charge is 2.31. The average Bonchev–Trinajstić information content (AvgIpc) is 3.06. The zero-order valence-corrected chi connectivity index (χ0v) is 11.3. The van der Waals surface area contributed by atoms with Gasteiger partial charge in [0, 0.05) is 12.2 Å². The maximum absolute atomic E-state index is 13.4. The monoisotopic (exact) mass is 273 g/mol. The second-order valence-electron chi connectivity index (χ2n) is 5.15. The molecule has 20 heavy (non-hydrogen) atoms. The lowest BCUT2D eigenvalue weighted by Crippen LogP contribution is -2.30. The van der Waals surface area contributed by atoms with Crippen LogP contribution in [0.1, 0.15) is 40.6 Å². The molecule has 0 aliphatic carbocycles. The lowest BCUT2D eigenvalue weighted by molar-refractivity contribution is 0.0729. The number of benzene rings is 1. The average molecular weight is 273 g/mol. The van der Waals surface area contributed by atoms with Crippen LogP contribution in [0.2, 0.25) is 0 Å². The Balaban J connectivity index is 1.87. The van der Waals surface area contributed by atoms with Crippen LogP contribution in [0.5, 0.6) is 0 Å². The molecule has 2 aromatic rings. The molecule has 1 fully saturated rings. The van der Waals surface area contributed by atoms with Gasteiger partial charge in [-0.3, -0.25) is 9.89 Å². The first-order valence-corrected chi connectivity index (χ1v) is 6.73. The summed E-state index contributed by atoms with van der Waals surface area (Å²) >= 11 is 0. The lowest BCUT2D eigenvalue weighted by atomic mass is 10.0. The number of hydrogen-bond acceptors (Lipinski definition) is 2. The first kappa shape index (κ1) is 12.8. The van der Waals surface area contributed by atoms with E-state index in [9.17, 15) is 9.18 Å². The molecule has 1 atom stereocenters. The van der Waals surface area contributed by atoms with Crippen molar-refractivity contribution >= 4 is 5.91 Å². The summed E-state index contributed by atoms with van der Waals surface area (Å²) in [6.45, 7) is 2.55. The van der Waals surface area contributed by atoms with Crippen molar-refractivity contribution in [2.75, 3.05) is 6.54 Å². The number of aromatic amines is 1. The number of aromatic nitrogens is 2. The molecule has 1 aliphatic heterocycles. The van der Waals surface area contributed by atoms with Crippen molar-refractivity contribution in [3.8, 4) is 0 Å². The number of amides is 1. The molecule has 1 unspecified atom stereocenters. The maximum Gasteiger partial charge on any atom is 0.274 e. The second-order valence-corrected chi connectivity index (χ2v) is 5.15. The van der Waals surface area contributed by atoms with Crippen molar-refractivity contribution in [3.05, 3.63) is 53.1 Å². The predicted octanol–water partition coefficient (Wildman–Crippen LogP) is 2.83. The highest BCUT2D eigenvalue weighted by atomic mass is 19.1. The molecule has 104 valence electrons. The number of halogens is 1. The van der Waals surface area contributed by atoms with E-state index in [0.717, 1.165) is 24.1 Å². The fourth-order valence-electron chi connectivity index (χ4n) is 2.74. The van der Waals surface area contributed by atoms with Crippen LogP contribution in [-0.4, -0.2) is 27.5 Å². The Labute approximate surface area is 116 Å². The van der Waals surface area contributed by atoms with Gasteiger partial charge in [-0.1, -0.05) is 12.1 Å². The molecule has 0 saturated carbocycles. The Kier molecular flexibility index (Phi) is 3.26. The summed E-state index contributed by atoms with van der Waals surface area (Å²) in [5, 5.41) is 6.79. The molecular formula is C15H16FN3O. The quantitative estimate of drug-likeness (QED) is 0.914. The maximum atomic E-state index is 13.4. The number of H-pyrrole nitrogens is 1. The van der Waals surface area contributed by atoms with Crippen molar-refractivity contribution in [2.45, 2.75) is 25.8 Å². The molecule has 1 saturated heterocycles. The molecule has 1 aromatic carbocycles. The number of aryl methyl sites for hydroxylation is 1. The van der Waals surface area contributed by atoms with Crippen LogP contribution < -0.4 is 0 Å². The van der Waals surface area contributed by atoms with Gasteiger partial charge in [-0.25, -0.2) is 4.39 Å². The lowest BCUT2D eigenvalue weighted by Gasteiger charge is -2.24. The van der Waals surface area contributed by atoms with Gasteiger partial charge >= 0.3 is 0 Å². The van der Waals surface area contributed by atoms with E-state index in [1.807, 2.05) is 13.0 Å². The summed E-state index contributed by atoms with van der Waals surface area (Å²) in [7, 11) is 0. The van der Waals surface area contributed by atoms with Crippen LogP contribution in [0, 0.1) is 12.7 Å². The van der Waals surface area contributed by atoms with Gasteiger partial charge in [-0.2, -0.15) is 5.10 Å². The summed E-state index contributed by atoms with van der Waals surface area (Å²) in [5.41, 5.74) is 2.13. The minimum absolute atomic E-state index is 0.0600. The standard InChI is InChI=1S/C15H16FN3O/c1-10-8-13(18-17-10)15(20)19-7-3-6-14(19)11-4-2-5-12(16)9-11/h2,4-5,8-9,14H,3,6-7H2,1H3,(H,17,18). The summed E-state index contributed by atoms with van der Waals surface area (Å²) in [6.07, 6.45) is 1.79. The SMILES string of the molecule is Cc1cc(C(=O)N2CCCC2c2cccc(F)c2)n[nH]1. The molecule has 0 spiro atoms. The second kappa shape index (κ2) is 5.07. The van der Waals surface area contributed by atoms with Crippen LogP contribution in [-0.2, 0) is 0 Å². The molecular weight excluding hydrogens is 257 g/mol. The van der Waals surface area contributed by atoms with E-state index >= 15 is 0 Å². The summed E-state index contributed by atoms with van der Waals surface area (Å²) < 4.78 is 13.4. The number of hydrogen-bond donors (Lipinski definition) is 1. The van der Waals surface area contributed by atoms with Crippen LogP contribution in [0.4, 0.5) is 4.39 Å². The fraction of sp³-hybridized carbons (Fsp3) is 0.333. The fourth-order valence-corrected chi connectivity index (χ4v) is 2.74. The Bertz CT molecular complexity index is 638. The Hall–Kier alpha value is -2.17. The van der Waals surface area contributed by atoms with Crippen molar-refractivity contribution < 1.29 is 9.18 Å². The number of nitrogens with zero attached hydrogens (tertiary/aromatic N) is 2. The van der Waals surface area contributed by atoms with Crippen LogP contribution in [0.25, 0.3) is 0 Å². The Morgan fingerprint density at radius 1 is 1.45 bits per heavy atom. The highest BCUT2D eigenvalue weighted by Crippen LogP contribution is 2.33. The normalized spacial score (nSPS) is 18.5. The van der Waals surface area contributed by atoms with Gasteiger partial charge in [0.2, 0.25) is 0 Å². The van der Waals surface area contributed by atoms with Gasteiger partial charge in [0.15, 0.2) is 0 Å². The molecule has 5 heteroatoms. The number of rotatable bonds is 2. The third kappa shape index (κ3) is 2.31. The minimum Gasteiger partial charge on any atom is -0.330 e. The van der Waals surface area contributed by atoms with E-state index in [1.165, 1.54) is 12.1 Å². The van der Waals surface area contributed by atoms with E-state index in [2.05, 4.69) is 10.2 Å². The molecule has 3 rings (SSSR count). The van der Waals surface area contributed by atoms with Crippen molar-refractivity contribution in [2.24, 2.45) is 0 Å². The third-order valence-electron chi connectivity index (χ3n) is 3.67. The van der Waals surface area contributed by atoms with Crippen molar-refractivity contribution in [1.29, 1.82) is 0 Å². The molecule has 2 heterocycles. The number of carbonyl (C=O) groups excluding carboxylic acids is 1. The van der Waals surface area contributed by atoms with Crippen LogP contribution in [0.3, 0.4) is 0 Å². The first-order chi connectivity index (χ1) is 9.65. The highest BCUT2D eigenvalue weighted by molar-refractivity contribution is 5.92. The number of nitrogens with one attached hydrogen (secondary N) is 1. The topological polar surface area (TPSA) is 49.0 Å². The molecule has 1 N–H and O–H groups in total. The zero-order valence-electron chi connectivity index (χ0n) is 11.3. The minimum atomic E-state index is -0.266. The number of carbonyl (C=O) groups is 1. The van der Waals surface area contributed by atoms with Gasteiger partial charge in [-0.05, 0) is 43.5 Å². The summed E-state index contributed by atoms with van der Waals surface area (Å²) in [5.74, 6) is -0.362. The predicted molar refractivity (Wildman–Crippen MR) is 72.7 cm³/mol.